The normalized spacial score (nSPS) is 11.2. The van der Waals surface area contributed by atoms with Crippen LogP contribution in [0, 0.1) is 0 Å². The van der Waals surface area contributed by atoms with Crippen LogP contribution in [-0.4, -0.2) is 33.2 Å². The van der Waals surface area contributed by atoms with Crippen molar-refractivity contribution in [1.82, 2.24) is 0 Å². The van der Waals surface area contributed by atoms with Crippen molar-refractivity contribution in [2.75, 3.05) is 13.7 Å². The Bertz CT molecular complexity index is 1170. The Hall–Kier alpha value is -2.97. The largest absolute Gasteiger partial charge is 0.497 e. The molecule has 0 bridgehead atoms. The average Bonchev–Trinajstić information content (AvgIpc) is 2.74. The molecule has 0 saturated carbocycles. The van der Waals surface area contributed by atoms with Gasteiger partial charge < -0.3 is 14.6 Å². The summed E-state index contributed by atoms with van der Waals surface area (Å²) >= 11 is 1.49. The minimum Gasteiger partial charge on any atom is -0.497 e. The van der Waals surface area contributed by atoms with Crippen LogP contribution in [-0.2, 0) is 21.1 Å². The first kappa shape index (κ1) is 22.7. The Labute approximate surface area is 185 Å². The second kappa shape index (κ2) is 9.89. The molecule has 0 saturated heterocycles. The number of aliphatic carboxylic acids is 1. The highest BCUT2D eigenvalue weighted by Gasteiger charge is 2.20. The van der Waals surface area contributed by atoms with Crippen LogP contribution in [0.2, 0.25) is 0 Å². The van der Waals surface area contributed by atoms with Crippen molar-refractivity contribution in [3.63, 3.8) is 0 Å². The predicted molar refractivity (Wildman–Crippen MR) is 118 cm³/mol. The summed E-state index contributed by atoms with van der Waals surface area (Å²) in [6, 6.07) is 18.5. The van der Waals surface area contributed by atoms with Gasteiger partial charge in [0.15, 0.2) is 0 Å². The number of carboxylic acid groups (broad SMARTS) is 1. The number of sulfone groups is 1. The van der Waals surface area contributed by atoms with Crippen LogP contribution in [0.1, 0.15) is 12.5 Å². The van der Waals surface area contributed by atoms with Gasteiger partial charge in [0.1, 0.15) is 11.5 Å². The summed E-state index contributed by atoms with van der Waals surface area (Å²) < 4.78 is 37.0. The molecule has 3 aromatic carbocycles. The van der Waals surface area contributed by atoms with Gasteiger partial charge in [-0.3, -0.25) is 4.79 Å². The van der Waals surface area contributed by atoms with Gasteiger partial charge in [-0.1, -0.05) is 17.8 Å². The lowest BCUT2D eigenvalue weighted by atomic mass is 10.1. The summed E-state index contributed by atoms with van der Waals surface area (Å²) in [6.07, 6.45) is -0.292. The number of methoxy groups -OCH3 is 1. The second-order valence-corrected chi connectivity index (χ2v) is 9.67. The average molecular weight is 459 g/mol. The summed E-state index contributed by atoms with van der Waals surface area (Å²) in [7, 11) is -2.24. The zero-order valence-electron chi connectivity index (χ0n) is 17.1. The number of benzene rings is 3. The molecule has 6 nitrogen and oxygen atoms in total. The fourth-order valence-electron chi connectivity index (χ4n) is 2.94. The quantitative estimate of drug-likeness (QED) is 0.497. The molecule has 31 heavy (non-hydrogen) atoms. The maximum absolute atomic E-state index is 13.2. The SMILES string of the molecule is CCOc1cc(CC(=O)O)cc(S(=O)(=O)c2ccc(Sc3cccc(OC)c3)cc2)c1. The fourth-order valence-corrected chi connectivity index (χ4v) is 5.15. The third-order valence-electron chi connectivity index (χ3n) is 4.33. The highest BCUT2D eigenvalue weighted by Crippen LogP contribution is 2.32. The van der Waals surface area contributed by atoms with Crippen molar-refractivity contribution in [2.45, 2.75) is 32.9 Å². The molecule has 1 N–H and O–H groups in total. The molecule has 0 heterocycles. The third-order valence-corrected chi connectivity index (χ3v) is 7.07. The molecule has 0 aromatic heterocycles. The molecule has 3 rings (SSSR count). The van der Waals surface area contributed by atoms with Crippen molar-refractivity contribution < 1.29 is 27.8 Å². The third kappa shape index (κ3) is 5.80. The lowest BCUT2D eigenvalue weighted by Gasteiger charge is -2.11. The van der Waals surface area contributed by atoms with E-state index < -0.39 is 15.8 Å². The molecular weight excluding hydrogens is 436 g/mol. The topological polar surface area (TPSA) is 89.9 Å². The van der Waals surface area contributed by atoms with Gasteiger partial charge in [-0.25, -0.2) is 8.42 Å². The Morgan fingerprint density at radius 3 is 2.32 bits per heavy atom. The first-order valence-electron chi connectivity index (χ1n) is 9.47. The van der Waals surface area contributed by atoms with Crippen LogP contribution in [0.25, 0.3) is 0 Å². The van der Waals surface area contributed by atoms with Crippen molar-refractivity contribution in [1.29, 1.82) is 0 Å². The molecule has 0 aliphatic carbocycles. The predicted octanol–water partition coefficient (Wildman–Crippen LogP) is 4.71. The lowest BCUT2D eigenvalue weighted by molar-refractivity contribution is -0.136. The van der Waals surface area contributed by atoms with Gasteiger partial charge in [-0.05, 0) is 73.2 Å². The van der Waals surface area contributed by atoms with Gasteiger partial charge in [-0.15, -0.1) is 0 Å². The summed E-state index contributed by atoms with van der Waals surface area (Å²) in [5.41, 5.74) is 0.363. The van der Waals surface area contributed by atoms with Crippen molar-refractivity contribution in [3.8, 4) is 11.5 Å². The Kier molecular flexibility index (Phi) is 7.25. The molecule has 0 atom stereocenters. The number of carbonyl (C=O) groups is 1. The van der Waals surface area contributed by atoms with Crippen LogP contribution in [0.4, 0.5) is 0 Å². The lowest BCUT2D eigenvalue weighted by Crippen LogP contribution is -2.06. The zero-order chi connectivity index (χ0) is 22.4. The van der Waals surface area contributed by atoms with Gasteiger partial charge in [-0.2, -0.15) is 0 Å². The molecule has 0 radical (unpaired) electrons. The maximum atomic E-state index is 13.2. The minimum absolute atomic E-state index is 0.00268. The smallest absolute Gasteiger partial charge is 0.307 e. The number of rotatable bonds is 9. The van der Waals surface area contributed by atoms with Gasteiger partial charge in [0.2, 0.25) is 9.84 Å². The van der Waals surface area contributed by atoms with E-state index in [1.54, 1.807) is 44.4 Å². The summed E-state index contributed by atoms with van der Waals surface area (Å²) in [5.74, 6) is 0.0245. The van der Waals surface area contributed by atoms with Crippen molar-refractivity contribution in [2.24, 2.45) is 0 Å². The van der Waals surface area contributed by atoms with E-state index in [9.17, 15) is 13.2 Å². The summed E-state index contributed by atoms with van der Waals surface area (Å²) in [6.45, 7) is 2.11. The van der Waals surface area contributed by atoms with E-state index >= 15 is 0 Å². The Morgan fingerprint density at radius 1 is 0.935 bits per heavy atom. The number of carboxylic acids is 1. The van der Waals surface area contributed by atoms with Gasteiger partial charge in [0.05, 0.1) is 29.9 Å². The molecule has 0 fully saturated rings. The van der Waals surface area contributed by atoms with E-state index in [0.29, 0.717) is 17.9 Å². The number of ether oxygens (including phenoxy) is 2. The highest BCUT2D eigenvalue weighted by atomic mass is 32.2. The molecule has 8 heteroatoms. The molecule has 162 valence electrons. The first-order valence-corrected chi connectivity index (χ1v) is 11.8. The second-order valence-electron chi connectivity index (χ2n) is 6.57. The molecular formula is C23H22O6S2. The van der Waals surface area contributed by atoms with Gasteiger partial charge in [0.25, 0.3) is 0 Å². The monoisotopic (exact) mass is 458 g/mol. The Balaban J connectivity index is 1.89. The number of hydrogen-bond acceptors (Lipinski definition) is 6. The van der Waals surface area contributed by atoms with E-state index in [0.717, 1.165) is 15.5 Å². The van der Waals surface area contributed by atoms with Crippen LogP contribution < -0.4 is 9.47 Å². The van der Waals surface area contributed by atoms with Crippen LogP contribution in [0.5, 0.6) is 11.5 Å². The fraction of sp³-hybridized carbons (Fsp3) is 0.174. The molecule has 0 aliphatic rings. The molecule has 0 aliphatic heterocycles. The van der Waals surface area contributed by atoms with E-state index in [4.69, 9.17) is 14.6 Å². The summed E-state index contributed by atoms with van der Waals surface area (Å²) in [5, 5.41) is 9.08. The molecule has 0 spiro atoms. The first-order chi connectivity index (χ1) is 14.8. The molecule has 3 aromatic rings. The van der Waals surface area contributed by atoms with Crippen LogP contribution in [0.15, 0.2) is 86.3 Å². The van der Waals surface area contributed by atoms with Crippen LogP contribution in [0.3, 0.4) is 0 Å². The van der Waals surface area contributed by atoms with E-state index in [1.165, 1.54) is 23.9 Å². The van der Waals surface area contributed by atoms with Crippen LogP contribution >= 0.6 is 11.8 Å². The summed E-state index contributed by atoms with van der Waals surface area (Å²) in [4.78, 5) is 13.1. The van der Waals surface area contributed by atoms with Crippen molar-refractivity contribution >= 4 is 27.6 Å². The number of hydrogen-bond donors (Lipinski definition) is 1. The van der Waals surface area contributed by atoms with Gasteiger partial charge in [0, 0.05) is 9.79 Å². The standard InChI is InChI=1S/C23H22O6S2/c1-3-29-18-11-16(13-23(24)25)12-22(15-18)31(26,27)21-9-7-19(8-10-21)30-20-6-4-5-17(14-20)28-2/h4-12,14-15H,3,13H2,1-2H3,(H,24,25). The minimum atomic E-state index is -3.84. The van der Waals surface area contributed by atoms with E-state index in [-0.39, 0.29) is 16.2 Å². The highest BCUT2D eigenvalue weighted by molar-refractivity contribution is 7.99. The molecule has 0 unspecified atom stereocenters. The van der Waals surface area contributed by atoms with Gasteiger partial charge >= 0.3 is 5.97 Å². The van der Waals surface area contributed by atoms with E-state index in [1.807, 2.05) is 24.3 Å². The Morgan fingerprint density at radius 2 is 1.68 bits per heavy atom. The van der Waals surface area contributed by atoms with E-state index in [2.05, 4.69) is 0 Å². The van der Waals surface area contributed by atoms with Crippen molar-refractivity contribution in [3.05, 3.63) is 72.3 Å². The molecule has 0 amide bonds. The zero-order valence-corrected chi connectivity index (χ0v) is 18.7. The maximum Gasteiger partial charge on any atom is 0.307 e.